The number of hydrogen-bond acceptors (Lipinski definition) is 0. The summed E-state index contributed by atoms with van der Waals surface area (Å²) in [5, 5.41) is 0. The SMILES string of the molecule is CCCCCCCCCCCC[N+](C)(Cc1ccccc1)C(C)c1ccccc1. The Hall–Kier alpha value is -1.60. The first kappa shape index (κ1) is 23.7. The van der Waals surface area contributed by atoms with E-state index in [0.29, 0.717) is 6.04 Å². The third-order valence-electron chi connectivity index (χ3n) is 6.63. The van der Waals surface area contributed by atoms with E-state index < -0.39 is 0 Å². The quantitative estimate of drug-likeness (QED) is 0.210. The predicted molar refractivity (Wildman–Crippen MR) is 128 cm³/mol. The molecule has 1 nitrogen and oxygen atoms in total. The molecule has 1 heteroatoms. The Morgan fingerprint density at radius 1 is 0.655 bits per heavy atom. The third-order valence-corrected chi connectivity index (χ3v) is 6.63. The minimum atomic E-state index is 0.509. The van der Waals surface area contributed by atoms with Gasteiger partial charge in [0.05, 0.1) is 13.6 Å². The zero-order valence-electron chi connectivity index (χ0n) is 19.3. The molecule has 29 heavy (non-hydrogen) atoms. The summed E-state index contributed by atoms with van der Waals surface area (Å²) in [5.74, 6) is 0. The summed E-state index contributed by atoms with van der Waals surface area (Å²) in [6.45, 7) is 7.06. The van der Waals surface area contributed by atoms with E-state index in [1.807, 2.05) is 0 Å². The zero-order chi connectivity index (χ0) is 20.8. The Labute approximate surface area is 180 Å². The lowest BCUT2D eigenvalue weighted by Crippen LogP contribution is -2.46. The molecule has 0 fully saturated rings. The molecular weight excluding hydrogens is 350 g/mol. The second-order valence-corrected chi connectivity index (χ2v) is 9.12. The fourth-order valence-electron chi connectivity index (χ4n) is 4.46. The van der Waals surface area contributed by atoms with Crippen molar-refractivity contribution in [3.8, 4) is 0 Å². The van der Waals surface area contributed by atoms with Gasteiger partial charge in [0.1, 0.15) is 12.6 Å². The number of hydrogen-bond donors (Lipinski definition) is 0. The number of unbranched alkanes of at least 4 members (excludes halogenated alkanes) is 9. The smallest absolute Gasteiger partial charge is 0.112 e. The molecule has 2 atom stereocenters. The Bertz CT molecular complexity index is 636. The van der Waals surface area contributed by atoms with Crippen LogP contribution < -0.4 is 0 Å². The van der Waals surface area contributed by atoms with Crippen molar-refractivity contribution in [1.82, 2.24) is 0 Å². The van der Waals surface area contributed by atoms with Crippen molar-refractivity contribution in [2.75, 3.05) is 13.6 Å². The van der Waals surface area contributed by atoms with Crippen LogP contribution in [-0.4, -0.2) is 18.1 Å². The van der Waals surface area contributed by atoms with E-state index in [0.717, 1.165) is 11.0 Å². The van der Waals surface area contributed by atoms with Crippen LogP contribution in [0.25, 0.3) is 0 Å². The molecule has 0 radical (unpaired) electrons. The summed E-state index contributed by atoms with van der Waals surface area (Å²) in [6.07, 6.45) is 14.0. The highest BCUT2D eigenvalue weighted by atomic mass is 15.3. The lowest BCUT2D eigenvalue weighted by molar-refractivity contribution is -0.950. The first-order valence-electron chi connectivity index (χ1n) is 12.1. The largest absolute Gasteiger partial charge is 0.316 e. The molecule has 0 amide bonds. The number of nitrogens with zero attached hydrogens (tertiary/aromatic N) is 1. The van der Waals surface area contributed by atoms with Crippen molar-refractivity contribution < 1.29 is 4.48 Å². The molecule has 0 spiro atoms. The molecule has 0 aliphatic heterocycles. The average Bonchev–Trinajstić information content (AvgIpc) is 2.76. The first-order valence-corrected chi connectivity index (χ1v) is 12.1. The molecular formula is C28H44N+. The second-order valence-electron chi connectivity index (χ2n) is 9.12. The van der Waals surface area contributed by atoms with Crippen LogP contribution >= 0.6 is 0 Å². The van der Waals surface area contributed by atoms with Crippen LogP contribution in [0.15, 0.2) is 60.7 Å². The summed E-state index contributed by atoms with van der Waals surface area (Å²) in [4.78, 5) is 0. The maximum absolute atomic E-state index is 2.46. The molecule has 0 N–H and O–H groups in total. The maximum Gasteiger partial charge on any atom is 0.112 e. The van der Waals surface area contributed by atoms with Crippen LogP contribution in [0.1, 0.15) is 95.2 Å². The highest BCUT2D eigenvalue weighted by molar-refractivity contribution is 5.18. The molecule has 160 valence electrons. The summed E-state index contributed by atoms with van der Waals surface area (Å²) in [7, 11) is 2.46. The molecule has 0 aliphatic carbocycles. The van der Waals surface area contributed by atoms with Gasteiger partial charge in [-0.15, -0.1) is 0 Å². The standard InChI is InChI=1S/C28H44N/c1-4-5-6-7-8-9-10-11-12-19-24-29(3,25-27-20-15-13-16-21-27)26(2)28-22-17-14-18-23-28/h13-18,20-23,26H,4-12,19,24-25H2,1-3H3/q+1. The topological polar surface area (TPSA) is 0 Å². The molecule has 0 saturated heterocycles. The summed E-state index contributed by atoms with van der Waals surface area (Å²) in [5.41, 5.74) is 2.91. The second kappa shape index (κ2) is 13.6. The summed E-state index contributed by atoms with van der Waals surface area (Å²) >= 11 is 0. The minimum Gasteiger partial charge on any atom is -0.316 e. The van der Waals surface area contributed by atoms with E-state index in [-0.39, 0.29) is 0 Å². The van der Waals surface area contributed by atoms with Gasteiger partial charge in [-0.05, 0) is 19.8 Å². The summed E-state index contributed by atoms with van der Waals surface area (Å²) in [6, 6.07) is 22.6. The van der Waals surface area contributed by atoms with Crippen molar-refractivity contribution in [3.05, 3.63) is 71.8 Å². The number of benzene rings is 2. The van der Waals surface area contributed by atoms with Crippen LogP contribution in [0.3, 0.4) is 0 Å². The van der Waals surface area contributed by atoms with Gasteiger partial charge in [-0.25, -0.2) is 0 Å². The van der Waals surface area contributed by atoms with Crippen molar-refractivity contribution in [2.24, 2.45) is 0 Å². The van der Waals surface area contributed by atoms with Crippen molar-refractivity contribution in [2.45, 2.75) is 90.6 Å². The summed E-state index contributed by atoms with van der Waals surface area (Å²) < 4.78 is 1.09. The first-order chi connectivity index (χ1) is 14.2. The van der Waals surface area contributed by atoms with E-state index in [9.17, 15) is 0 Å². The normalized spacial score (nSPS) is 14.4. The van der Waals surface area contributed by atoms with E-state index in [1.54, 1.807) is 0 Å². The van der Waals surface area contributed by atoms with E-state index >= 15 is 0 Å². The molecule has 0 aromatic heterocycles. The van der Waals surface area contributed by atoms with Crippen molar-refractivity contribution >= 4 is 0 Å². The Morgan fingerprint density at radius 2 is 1.14 bits per heavy atom. The molecule has 2 aromatic rings. The number of rotatable bonds is 15. The lowest BCUT2D eigenvalue weighted by atomic mass is 10.0. The van der Waals surface area contributed by atoms with Gasteiger partial charge < -0.3 is 4.48 Å². The van der Waals surface area contributed by atoms with Gasteiger partial charge >= 0.3 is 0 Å². The Morgan fingerprint density at radius 3 is 1.69 bits per heavy atom. The Kier molecular flexibility index (Phi) is 11.1. The number of quaternary nitrogens is 1. The highest BCUT2D eigenvalue weighted by Gasteiger charge is 2.30. The van der Waals surface area contributed by atoms with Crippen LogP contribution in [0.5, 0.6) is 0 Å². The van der Waals surface area contributed by atoms with E-state index in [2.05, 4.69) is 81.6 Å². The minimum absolute atomic E-state index is 0.509. The van der Waals surface area contributed by atoms with Crippen LogP contribution in [0.4, 0.5) is 0 Å². The Balaban J connectivity index is 1.83. The lowest BCUT2D eigenvalue weighted by Gasteiger charge is -2.40. The molecule has 0 saturated carbocycles. The fourth-order valence-corrected chi connectivity index (χ4v) is 4.46. The van der Waals surface area contributed by atoms with Crippen LogP contribution in [-0.2, 0) is 6.54 Å². The average molecular weight is 395 g/mol. The van der Waals surface area contributed by atoms with Gasteiger partial charge in [-0.3, -0.25) is 0 Å². The molecule has 0 heterocycles. The third kappa shape index (κ3) is 8.74. The molecule has 2 aromatic carbocycles. The van der Waals surface area contributed by atoms with Gasteiger partial charge in [0.2, 0.25) is 0 Å². The molecule has 0 bridgehead atoms. The predicted octanol–water partition coefficient (Wildman–Crippen LogP) is 8.32. The van der Waals surface area contributed by atoms with Crippen LogP contribution in [0.2, 0.25) is 0 Å². The molecule has 2 rings (SSSR count). The zero-order valence-corrected chi connectivity index (χ0v) is 19.3. The van der Waals surface area contributed by atoms with Crippen molar-refractivity contribution in [3.63, 3.8) is 0 Å². The van der Waals surface area contributed by atoms with E-state index in [1.165, 1.54) is 81.9 Å². The van der Waals surface area contributed by atoms with Gasteiger partial charge in [0, 0.05) is 11.1 Å². The van der Waals surface area contributed by atoms with Gasteiger partial charge in [-0.1, -0.05) is 119 Å². The van der Waals surface area contributed by atoms with Gasteiger partial charge in [0.15, 0.2) is 0 Å². The monoisotopic (exact) mass is 394 g/mol. The van der Waals surface area contributed by atoms with E-state index in [4.69, 9.17) is 0 Å². The van der Waals surface area contributed by atoms with Gasteiger partial charge in [0.25, 0.3) is 0 Å². The molecule has 2 unspecified atom stereocenters. The fraction of sp³-hybridized carbons (Fsp3) is 0.571. The maximum atomic E-state index is 2.46. The molecule has 0 aliphatic rings. The van der Waals surface area contributed by atoms with Crippen molar-refractivity contribution in [1.29, 1.82) is 0 Å². The van der Waals surface area contributed by atoms with Crippen LogP contribution in [0, 0.1) is 0 Å². The van der Waals surface area contributed by atoms with Gasteiger partial charge in [-0.2, -0.15) is 0 Å². The highest BCUT2D eigenvalue weighted by Crippen LogP contribution is 2.30.